The van der Waals surface area contributed by atoms with Crippen LogP contribution in [0.5, 0.6) is 0 Å². The van der Waals surface area contributed by atoms with Gasteiger partial charge in [-0.1, -0.05) is 18.2 Å². The maximum atomic E-state index is 12.3. The first-order valence-electron chi connectivity index (χ1n) is 6.58. The zero-order valence-corrected chi connectivity index (χ0v) is 13.0. The number of benzene rings is 1. The van der Waals surface area contributed by atoms with Crippen molar-refractivity contribution in [1.82, 2.24) is 9.29 Å². The number of nitrogens with zero attached hydrogens (tertiary/aromatic N) is 2. The number of hydrogen-bond acceptors (Lipinski definition) is 4. The van der Waals surface area contributed by atoms with Gasteiger partial charge in [-0.05, 0) is 36.8 Å². The van der Waals surface area contributed by atoms with Crippen molar-refractivity contribution >= 4 is 15.7 Å². The number of sulfonamides is 1. The number of hydrogen-bond donors (Lipinski definition) is 1. The van der Waals surface area contributed by atoms with E-state index in [-0.39, 0.29) is 12.3 Å². The van der Waals surface area contributed by atoms with E-state index in [1.165, 1.54) is 4.31 Å². The van der Waals surface area contributed by atoms with Gasteiger partial charge < -0.3 is 5.73 Å². The van der Waals surface area contributed by atoms with Crippen LogP contribution in [0.15, 0.2) is 42.5 Å². The van der Waals surface area contributed by atoms with E-state index in [9.17, 15) is 8.42 Å². The molecule has 0 fully saturated rings. The van der Waals surface area contributed by atoms with Crippen molar-refractivity contribution in [2.45, 2.75) is 19.2 Å². The fourth-order valence-electron chi connectivity index (χ4n) is 1.95. The van der Waals surface area contributed by atoms with Gasteiger partial charge in [0.1, 0.15) is 0 Å². The third-order valence-electron chi connectivity index (χ3n) is 3.13. The van der Waals surface area contributed by atoms with Crippen LogP contribution in [0.2, 0.25) is 0 Å². The highest BCUT2D eigenvalue weighted by Crippen LogP contribution is 2.13. The van der Waals surface area contributed by atoms with Gasteiger partial charge in [0.15, 0.2) is 0 Å². The minimum atomic E-state index is -3.38. The van der Waals surface area contributed by atoms with Gasteiger partial charge in [0.2, 0.25) is 10.0 Å². The molecular weight excluding hydrogens is 286 g/mol. The van der Waals surface area contributed by atoms with E-state index in [1.54, 1.807) is 31.3 Å². The average Bonchev–Trinajstić information content (AvgIpc) is 2.41. The van der Waals surface area contributed by atoms with Gasteiger partial charge in [-0.2, -0.15) is 4.31 Å². The van der Waals surface area contributed by atoms with Crippen molar-refractivity contribution < 1.29 is 8.42 Å². The quantitative estimate of drug-likeness (QED) is 0.856. The van der Waals surface area contributed by atoms with Crippen molar-refractivity contribution in [1.29, 1.82) is 0 Å². The molecule has 0 aliphatic rings. The maximum absolute atomic E-state index is 12.3. The van der Waals surface area contributed by atoms with E-state index in [0.29, 0.717) is 11.3 Å². The number of aromatic nitrogens is 1. The highest BCUT2D eigenvalue weighted by Gasteiger charge is 2.19. The van der Waals surface area contributed by atoms with Gasteiger partial charge in [-0.25, -0.2) is 8.42 Å². The van der Waals surface area contributed by atoms with Crippen LogP contribution in [0.25, 0.3) is 0 Å². The normalized spacial score (nSPS) is 11.8. The van der Waals surface area contributed by atoms with Gasteiger partial charge in [-0.3, -0.25) is 4.98 Å². The highest BCUT2D eigenvalue weighted by molar-refractivity contribution is 7.88. The Morgan fingerprint density at radius 2 is 1.81 bits per heavy atom. The van der Waals surface area contributed by atoms with Crippen molar-refractivity contribution in [3.8, 4) is 0 Å². The molecule has 0 radical (unpaired) electrons. The first kappa shape index (κ1) is 15.5. The second-order valence-corrected chi connectivity index (χ2v) is 7.10. The molecule has 1 aromatic carbocycles. The maximum Gasteiger partial charge on any atom is 0.218 e. The molecular formula is C15H19N3O2S. The summed E-state index contributed by atoms with van der Waals surface area (Å²) in [6.45, 7) is 2.14. The van der Waals surface area contributed by atoms with Crippen LogP contribution >= 0.6 is 0 Å². The molecule has 1 aromatic heterocycles. The van der Waals surface area contributed by atoms with Crippen molar-refractivity contribution in [2.75, 3.05) is 12.8 Å². The molecule has 0 unspecified atom stereocenters. The zero-order chi connectivity index (χ0) is 15.5. The highest BCUT2D eigenvalue weighted by atomic mass is 32.2. The van der Waals surface area contributed by atoms with Gasteiger partial charge >= 0.3 is 0 Å². The Kier molecular flexibility index (Phi) is 4.59. The summed E-state index contributed by atoms with van der Waals surface area (Å²) in [5, 5.41) is 0. The summed E-state index contributed by atoms with van der Waals surface area (Å²) in [4.78, 5) is 4.32. The zero-order valence-electron chi connectivity index (χ0n) is 12.2. The molecule has 0 aliphatic carbocycles. The summed E-state index contributed by atoms with van der Waals surface area (Å²) in [6.07, 6.45) is 0. The number of aryl methyl sites for hydroxylation is 1. The predicted molar refractivity (Wildman–Crippen MR) is 83.9 cm³/mol. The van der Waals surface area contributed by atoms with E-state index < -0.39 is 10.0 Å². The second kappa shape index (κ2) is 6.24. The lowest BCUT2D eigenvalue weighted by Crippen LogP contribution is -2.28. The summed E-state index contributed by atoms with van der Waals surface area (Å²) < 4.78 is 26.0. The SMILES string of the molecule is Cc1cccc(CN(C)S(=O)(=O)Cc2ccc(N)cc2)n1. The first-order valence-corrected chi connectivity index (χ1v) is 8.19. The molecule has 112 valence electrons. The molecule has 0 bridgehead atoms. The number of pyridine rings is 1. The topological polar surface area (TPSA) is 76.3 Å². The van der Waals surface area contributed by atoms with Crippen molar-refractivity contribution in [3.63, 3.8) is 0 Å². The van der Waals surface area contributed by atoms with Crippen LogP contribution in [0, 0.1) is 6.92 Å². The third-order valence-corrected chi connectivity index (χ3v) is 4.91. The van der Waals surface area contributed by atoms with Gasteiger partial charge in [-0.15, -0.1) is 0 Å². The molecule has 2 rings (SSSR count). The molecule has 2 aromatic rings. The lowest BCUT2D eigenvalue weighted by Gasteiger charge is -2.17. The standard InChI is InChI=1S/C15H19N3O2S/c1-12-4-3-5-15(17-12)10-18(2)21(19,20)11-13-6-8-14(16)9-7-13/h3-9H,10-11,16H2,1-2H3. The van der Waals surface area contributed by atoms with Gasteiger partial charge in [0.05, 0.1) is 18.0 Å². The third kappa shape index (κ3) is 4.27. The molecule has 6 heteroatoms. The molecule has 5 nitrogen and oxygen atoms in total. The van der Waals surface area contributed by atoms with E-state index in [2.05, 4.69) is 4.98 Å². The monoisotopic (exact) mass is 305 g/mol. The Balaban J connectivity index is 2.09. The van der Waals surface area contributed by atoms with E-state index in [1.807, 2.05) is 25.1 Å². The molecule has 0 saturated heterocycles. The van der Waals surface area contributed by atoms with E-state index >= 15 is 0 Å². The Morgan fingerprint density at radius 3 is 2.43 bits per heavy atom. The van der Waals surface area contributed by atoms with Crippen molar-refractivity contribution in [2.24, 2.45) is 0 Å². The molecule has 21 heavy (non-hydrogen) atoms. The van der Waals surface area contributed by atoms with Crippen LogP contribution in [0.1, 0.15) is 17.0 Å². The first-order chi connectivity index (χ1) is 9.87. The molecule has 0 amide bonds. The Hall–Kier alpha value is -1.92. The predicted octanol–water partition coefficient (Wildman–Crippen LogP) is 1.93. The minimum absolute atomic E-state index is 0.0460. The smallest absolute Gasteiger partial charge is 0.218 e. The lowest BCUT2D eigenvalue weighted by molar-refractivity contribution is 0.461. The van der Waals surface area contributed by atoms with E-state index in [4.69, 9.17) is 5.73 Å². The number of anilines is 1. The fraction of sp³-hybridized carbons (Fsp3) is 0.267. The van der Waals surface area contributed by atoms with Crippen LogP contribution in [-0.4, -0.2) is 24.8 Å². The molecule has 0 atom stereocenters. The molecule has 2 N–H and O–H groups in total. The van der Waals surface area contributed by atoms with Crippen LogP contribution in [0.4, 0.5) is 5.69 Å². The minimum Gasteiger partial charge on any atom is -0.399 e. The molecule has 1 heterocycles. The number of nitrogens with two attached hydrogens (primary N) is 1. The van der Waals surface area contributed by atoms with Gasteiger partial charge in [0.25, 0.3) is 0 Å². The Bertz CT molecular complexity index is 712. The summed E-state index contributed by atoms with van der Waals surface area (Å²) >= 11 is 0. The molecule has 0 saturated carbocycles. The lowest BCUT2D eigenvalue weighted by atomic mass is 10.2. The van der Waals surface area contributed by atoms with Crippen LogP contribution in [-0.2, 0) is 22.3 Å². The van der Waals surface area contributed by atoms with Crippen LogP contribution in [0.3, 0.4) is 0 Å². The summed E-state index contributed by atoms with van der Waals surface area (Å²) in [5.41, 5.74) is 8.54. The van der Waals surface area contributed by atoms with Crippen molar-refractivity contribution in [3.05, 3.63) is 59.4 Å². The fourth-order valence-corrected chi connectivity index (χ4v) is 3.11. The molecule has 0 spiro atoms. The van der Waals surface area contributed by atoms with Gasteiger partial charge in [0, 0.05) is 18.4 Å². The number of rotatable bonds is 5. The summed E-state index contributed by atoms with van der Waals surface area (Å²) in [5.74, 6) is -0.0460. The Labute approximate surface area is 125 Å². The van der Waals surface area contributed by atoms with E-state index in [0.717, 1.165) is 11.4 Å². The largest absolute Gasteiger partial charge is 0.399 e. The summed E-state index contributed by atoms with van der Waals surface area (Å²) in [7, 11) is -1.82. The van der Waals surface area contributed by atoms with Crippen LogP contribution < -0.4 is 5.73 Å². The average molecular weight is 305 g/mol. The second-order valence-electron chi connectivity index (χ2n) is 5.02. The molecule has 0 aliphatic heterocycles. The number of nitrogen functional groups attached to an aromatic ring is 1. The summed E-state index contributed by atoms with van der Waals surface area (Å²) in [6, 6.07) is 12.4. The Morgan fingerprint density at radius 1 is 1.14 bits per heavy atom.